The Kier molecular flexibility index (Phi) is 6.50. The van der Waals surface area contributed by atoms with Crippen molar-refractivity contribution in [2.45, 2.75) is 39.5 Å². The molecular weight excluding hydrogens is 362 g/mol. The van der Waals surface area contributed by atoms with Gasteiger partial charge < -0.3 is 15.8 Å². The minimum absolute atomic E-state index is 0.222. The highest BCUT2D eigenvalue weighted by Crippen LogP contribution is 2.28. The molecule has 0 saturated heterocycles. The number of pyridine rings is 1. The van der Waals surface area contributed by atoms with Crippen LogP contribution in [0.1, 0.15) is 54.2 Å². The Balaban J connectivity index is 1.63. The van der Waals surface area contributed by atoms with Crippen molar-refractivity contribution in [2.75, 3.05) is 11.1 Å². The van der Waals surface area contributed by atoms with Crippen LogP contribution in [0.2, 0.25) is 0 Å². The molecule has 0 aliphatic heterocycles. The molecule has 3 aromatic rings. The summed E-state index contributed by atoms with van der Waals surface area (Å²) in [6, 6.07) is 18.9. The van der Waals surface area contributed by atoms with Gasteiger partial charge >= 0.3 is 0 Å². The average molecular weight is 389 g/mol. The van der Waals surface area contributed by atoms with E-state index >= 15 is 0 Å². The maximum atomic E-state index is 12.4. The van der Waals surface area contributed by atoms with E-state index < -0.39 is 0 Å². The predicted octanol–water partition coefficient (Wildman–Crippen LogP) is 5.92. The monoisotopic (exact) mass is 389 g/mol. The van der Waals surface area contributed by atoms with Gasteiger partial charge in [0.1, 0.15) is 17.3 Å². The fourth-order valence-electron chi connectivity index (χ4n) is 3.28. The zero-order chi connectivity index (χ0) is 20.8. The summed E-state index contributed by atoms with van der Waals surface area (Å²) in [5.74, 6) is 2.01. The highest BCUT2D eigenvalue weighted by atomic mass is 16.5. The Bertz CT molecular complexity index is 962. The molecule has 150 valence electrons. The summed E-state index contributed by atoms with van der Waals surface area (Å²) in [6.07, 6.45) is 2.27. The zero-order valence-electron chi connectivity index (χ0n) is 17.1. The van der Waals surface area contributed by atoms with E-state index in [2.05, 4.69) is 36.3 Å². The molecule has 3 N–H and O–H groups in total. The van der Waals surface area contributed by atoms with Crippen molar-refractivity contribution in [1.82, 2.24) is 4.98 Å². The Labute approximate surface area is 171 Å². The van der Waals surface area contributed by atoms with Crippen LogP contribution in [-0.4, -0.2) is 10.9 Å². The first kappa shape index (κ1) is 20.4. The molecule has 5 nitrogen and oxygen atoms in total. The average Bonchev–Trinajstić information content (AvgIpc) is 2.71. The molecule has 1 heterocycles. The predicted molar refractivity (Wildman–Crippen MR) is 118 cm³/mol. The summed E-state index contributed by atoms with van der Waals surface area (Å²) < 4.78 is 5.91. The van der Waals surface area contributed by atoms with Crippen LogP contribution in [0.3, 0.4) is 0 Å². The summed E-state index contributed by atoms with van der Waals surface area (Å²) >= 11 is 0. The second-order valence-corrected chi connectivity index (χ2v) is 7.05. The highest BCUT2D eigenvalue weighted by Gasteiger charge is 2.11. The van der Waals surface area contributed by atoms with Gasteiger partial charge in [0.15, 0.2) is 0 Å². The van der Waals surface area contributed by atoms with Crippen LogP contribution in [0, 0.1) is 6.92 Å². The molecule has 2 aromatic carbocycles. The van der Waals surface area contributed by atoms with Crippen molar-refractivity contribution in [1.29, 1.82) is 0 Å². The SMILES string of the molecule is CCC(CC)c1ccc(Oc2ccc(NC(=O)c3ccc(C)nc3N)cc2)cc1. The van der Waals surface area contributed by atoms with Gasteiger partial charge in [-0.15, -0.1) is 0 Å². The van der Waals surface area contributed by atoms with Crippen molar-refractivity contribution < 1.29 is 9.53 Å². The first-order valence-corrected chi connectivity index (χ1v) is 9.92. The van der Waals surface area contributed by atoms with Gasteiger partial charge in [-0.05, 0) is 79.8 Å². The van der Waals surface area contributed by atoms with Gasteiger partial charge in [-0.1, -0.05) is 26.0 Å². The number of benzene rings is 2. The zero-order valence-corrected chi connectivity index (χ0v) is 17.1. The second kappa shape index (κ2) is 9.24. The number of anilines is 2. The number of hydrogen-bond acceptors (Lipinski definition) is 4. The van der Waals surface area contributed by atoms with E-state index in [9.17, 15) is 4.79 Å². The molecule has 0 spiro atoms. The Morgan fingerprint density at radius 2 is 1.55 bits per heavy atom. The normalized spacial score (nSPS) is 10.8. The molecule has 1 amide bonds. The third kappa shape index (κ3) is 5.13. The Morgan fingerprint density at radius 1 is 0.966 bits per heavy atom. The number of nitrogens with two attached hydrogens (primary N) is 1. The van der Waals surface area contributed by atoms with Crippen molar-refractivity contribution in [2.24, 2.45) is 0 Å². The van der Waals surface area contributed by atoms with E-state index in [1.54, 1.807) is 24.3 Å². The lowest BCUT2D eigenvalue weighted by molar-refractivity contribution is 0.102. The highest BCUT2D eigenvalue weighted by molar-refractivity contribution is 6.07. The molecule has 5 heteroatoms. The van der Waals surface area contributed by atoms with Crippen molar-refractivity contribution in [3.63, 3.8) is 0 Å². The largest absolute Gasteiger partial charge is 0.457 e. The van der Waals surface area contributed by atoms with E-state index in [4.69, 9.17) is 10.5 Å². The number of hydrogen-bond donors (Lipinski definition) is 2. The van der Waals surface area contributed by atoms with Gasteiger partial charge in [-0.2, -0.15) is 0 Å². The lowest BCUT2D eigenvalue weighted by atomic mass is 9.94. The number of aryl methyl sites for hydroxylation is 1. The van der Waals surface area contributed by atoms with Crippen LogP contribution >= 0.6 is 0 Å². The molecule has 0 saturated carbocycles. The molecule has 3 rings (SSSR count). The van der Waals surface area contributed by atoms with Gasteiger partial charge in [0.2, 0.25) is 0 Å². The Morgan fingerprint density at radius 3 is 2.10 bits per heavy atom. The van der Waals surface area contributed by atoms with Crippen molar-refractivity contribution >= 4 is 17.4 Å². The molecule has 0 atom stereocenters. The summed E-state index contributed by atoms with van der Waals surface area (Å²) in [4.78, 5) is 16.5. The number of carbonyl (C=O) groups is 1. The van der Waals surface area contributed by atoms with Gasteiger partial charge in [0.05, 0.1) is 5.56 Å². The molecule has 0 bridgehead atoms. The minimum atomic E-state index is -0.291. The van der Waals surface area contributed by atoms with Crippen LogP contribution in [0.15, 0.2) is 60.7 Å². The summed E-state index contributed by atoms with van der Waals surface area (Å²) in [5, 5.41) is 2.83. The number of amides is 1. The fourth-order valence-corrected chi connectivity index (χ4v) is 3.28. The lowest BCUT2D eigenvalue weighted by Gasteiger charge is -2.13. The van der Waals surface area contributed by atoms with E-state index in [0.717, 1.165) is 24.3 Å². The topological polar surface area (TPSA) is 77.2 Å². The molecule has 0 unspecified atom stereocenters. The van der Waals surface area contributed by atoms with Crippen LogP contribution < -0.4 is 15.8 Å². The van der Waals surface area contributed by atoms with Crippen LogP contribution in [0.5, 0.6) is 11.5 Å². The van der Waals surface area contributed by atoms with Crippen LogP contribution in [0.4, 0.5) is 11.5 Å². The molecule has 1 aromatic heterocycles. The molecule has 0 radical (unpaired) electrons. The smallest absolute Gasteiger partial charge is 0.259 e. The number of ether oxygens (including phenoxy) is 1. The third-order valence-electron chi connectivity index (χ3n) is 4.99. The first-order chi connectivity index (χ1) is 14.0. The molecule has 0 aliphatic rings. The third-order valence-corrected chi connectivity index (χ3v) is 4.99. The quantitative estimate of drug-likeness (QED) is 0.526. The second-order valence-electron chi connectivity index (χ2n) is 7.05. The number of nitrogen functional groups attached to an aromatic ring is 1. The first-order valence-electron chi connectivity index (χ1n) is 9.92. The van der Waals surface area contributed by atoms with E-state index in [-0.39, 0.29) is 11.7 Å². The molecule has 0 fully saturated rings. The van der Waals surface area contributed by atoms with Gasteiger partial charge in [-0.25, -0.2) is 4.98 Å². The van der Waals surface area contributed by atoms with Gasteiger partial charge in [-0.3, -0.25) is 4.79 Å². The van der Waals surface area contributed by atoms with Crippen molar-refractivity contribution in [3.8, 4) is 11.5 Å². The maximum absolute atomic E-state index is 12.4. The summed E-state index contributed by atoms with van der Waals surface area (Å²) in [6.45, 7) is 6.25. The maximum Gasteiger partial charge on any atom is 0.259 e. The van der Waals surface area contributed by atoms with E-state index in [0.29, 0.717) is 22.9 Å². The van der Waals surface area contributed by atoms with Gasteiger partial charge in [0, 0.05) is 11.4 Å². The number of nitrogens with one attached hydrogen (secondary N) is 1. The van der Waals surface area contributed by atoms with Gasteiger partial charge in [0.25, 0.3) is 5.91 Å². The minimum Gasteiger partial charge on any atom is -0.457 e. The fraction of sp³-hybridized carbons (Fsp3) is 0.250. The number of aromatic nitrogens is 1. The lowest BCUT2D eigenvalue weighted by Crippen LogP contribution is -2.15. The summed E-state index contributed by atoms with van der Waals surface area (Å²) in [7, 11) is 0. The van der Waals surface area contributed by atoms with E-state index in [1.165, 1.54) is 5.56 Å². The molecular formula is C24H27N3O2. The number of carbonyl (C=O) groups excluding carboxylic acids is 1. The molecule has 0 aliphatic carbocycles. The Hall–Kier alpha value is -3.34. The number of rotatable bonds is 7. The summed E-state index contributed by atoms with van der Waals surface area (Å²) in [5.41, 5.74) is 8.96. The number of nitrogens with zero attached hydrogens (tertiary/aromatic N) is 1. The van der Waals surface area contributed by atoms with Crippen LogP contribution in [0.25, 0.3) is 0 Å². The molecule has 29 heavy (non-hydrogen) atoms. The van der Waals surface area contributed by atoms with Crippen molar-refractivity contribution in [3.05, 3.63) is 77.5 Å². The van der Waals surface area contributed by atoms with Crippen LogP contribution in [-0.2, 0) is 0 Å². The standard InChI is InChI=1S/C24H27N3O2/c1-4-17(5-2)18-7-11-20(12-8-18)29-21-13-9-19(10-14-21)27-24(28)22-15-6-16(3)26-23(22)25/h6-15,17H,4-5H2,1-3H3,(H2,25,26)(H,27,28). The van der Waals surface area contributed by atoms with E-state index in [1.807, 2.05) is 31.2 Å².